The van der Waals surface area contributed by atoms with Gasteiger partial charge in [0.15, 0.2) is 0 Å². The summed E-state index contributed by atoms with van der Waals surface area (Å²) in [4.78, 5) is 10.7. The van der Waals surface area contributed by atoms with Crippen LogP contribution in [0.3, 0.4) is 0 Å². The second-order valence-corrected chi connectivity index (χ2v) is 3.17. The standard InChI is InChI=1S/C10H10O2/c11-10(12)9-7-5-3-1-2-4-6-8(7)9/h1-9H,(H,11,12)/b2-1-,5-3-,6-4-. The molecule has 0 radical (unpaired) electrons. The van der Waals surface area contributed by atoms with E-state index in [1.807, 2.05) is 36.5 Å². The SMILES string of the molecule is O=C(O)C1C2\C=C/C=C\C=C/C21. The minimum Gasteiger partial charge on any atom is -0.481 e. The van der Waals surface area contributed by atoms with Crippen LogP contribution in [0.1, 0.15) is 0 Å². The average molecular weight is 162 g/mol. The van der Waals surface area contributed by atoms with Crippen LogP contribution in [0.4, 0.5) is 0 Å². The summed E-state index contributed by atoms with van der Waals surface area (Å²) in [7, 11) is 0. The average Bonchev–Trinajstić information content (AvgIpc) is 2.60. The third-order valence-electron chi connectivity index (χ3n) is 2.42. The summed E-state index contributed by atoms with van der Waals surface area (Å²) in [6.07, 6.45) is 11.6. The number of carboxylic acid groups (broad SMARTS) is 1. The van der Waals surface area contributed by atoms with Gasteiger partial charge in [-0.05, 0) is 11.8 Å². The fourth-order valence-corrected chi connectivity index (χ4v) is 1.70. The number of rotatable bonds is 1. The molecule has 2 aliphatic carbocycles. The van der Waals surface area contributed by atoms with Crippen molar-refractivity contribution >= 4 is 5.97 Å². The van der Waals surface area contributed by atoms with Gasteiger partial charge in [-0.3, -0.25) is 4.79 Å². The molecule has 0 bridgehead atoms. The topological polar surface area (TPSA) is 37.3 Å². The molecule has 2 atom stereocenters. The molecule has 1 fully saturated rings. The van der Waals surface area contributed by atoms with E-state index in [-0.39, 0.29) is 17.8 Å². The minimum atomic E-state index is -0.679. The van der Waals surface area contributed by atoms with E-state index in [2.05, 4.69) is 0 Å². The first-order valence-corrected chi connectivity index (χ1v) is 4.05. The lowest BCUT2D eigenvalue weighted by atomic mass is 10.2. The van der Waals surface area contributed by atoms with Gasteiger partial charge in [0.2, 0.25) is 0 Å². The zero-order valence-corrected chi connectivity index (χ0v) is 6.55. The predicted octanol–water partition coefficient (Wildman–Crippen LogP) is 1.62. The van der Waals surface area contributed by atoms with Crippen LogP contribution in [0.25, 0.3) is 0 Å². The smallest absolute Gasteiger partial charge is 0.307 e. The third-order valence-corrected chi connectivity index (χ3v) is 2.42. The molecule has 2 aliphatic rings. The Kier molecular flexibility index (Phi) is 1.61. The normalized spacial score (nSPS) is 44.8. The second-order valence-electron chi connectivity index (χ2n) is 3.17. The Morgan fingerprint density at radius 2 is 1.50 bits per heavy atom. The van der Waals surface area contributed by atoms with Crippen LogP contribution >= 0.6 is 0 Å². The molecule has 0 heterocycles. The molecule has 0 saturated heterocycles. The quantitative estimate of drug-likeness (QED) is 0.636. The van der Waals surface area contributed by atoms with Crippen LogP contribution in [0.15, 0.2) is 36.5 Å². The van der Waals surface area contributed by atoms with Gasteiger partial charge in [-0.1, -0.05) is 36.5 Å². The van der Waals surface area contributed by atoms with Crippen molar-refractivity contribution in [3.63, 3.8) is 0 Å². The molecule has 2 heteroatoms. The molecule has 2 rings (SSSR count). The number of hydrogen-bond donors (Lipinski definition) is 1. The summed E-state index contributed by atoms with van der Waals surface area (Å²) in [6, 6.07) is 0. The third kappa shape index (κ3) is 1.09. The second kappa shape index (κ2) is 2.63. The molecule has 2 unspecified atom stereocenters. The van der Waals surface area contributed by atoms with Crippen LogP contribution in [-0.4, -0.2) is 11.1 Å². The Morgan fingerprint density at radius 3 is 1.92 bits per heavy atom. The Balaban J connectivity index is 2.17. The highest BCUT2D eigenvalue weighted by molar-refractivity contribution is 5.75. The number of aliphatic carboxylic acids is 1. The van der Waals surface area contributed by atoms with Crippen molar-refractivity contribution in [1.29, 1.82) is 0 Å². The monoisotopic (exact) mass is 162 g/mol. The molecule has 0 amide bonds. The van der Waals surface area contributed by atoms with Gasteiger partial charge in [-0.25, -0.2) is 0 Å². The lowest BCUT2D eigenvalue weighted by Gasteiger charge is -1.85. The van der Waals surface area contributed by atoms with Crippen molar-refractivity contribution in [2.24, 2.45) is 17.8 Å². The molecule has 0 aliphatic heterocycles. The molecular weight excluding hydrogens is 152 g/mol. The van der Waals surface area contributed by atoms with Crippen LogP contribution in [0.5, 0.6) is 0 Å². The van der Waals surface area contributed by atoms with Gasteiger partial charge < -0.3 is 5.11 Å². The van der Waals surface area contributed by atoms with E-state index in [9.17, 15) is 4.79 Å². The predicted molar refractivity (Wildman–Crippen MR) is 45.5 cm³/mol. The molecule has 0 aromatic carbocycles. The summed E-state index contributed by atoms with van der Waals surface area (Å²) in [5.74, 6) is -0.411. The van der Waals surface area contributed by atoms with E-state index in [0.29, 0.717) is 0 Å². The van der Waals surface area contributed by atoms with Crippen molar-refractivity contribution in [2.45, 2.75) is 0 Å². The van der Waals surface area contributed by atoms with E-state index in [1.165, 1.54) is 0 Å². The molecule has 1 saturated carbocycles. The number of carboxylic acids is 1. The maximum Gasteiger partial charge on any atom is 0.307 e. The van der Waals surface area contributed by atoms with Gasteiger partial charge in [-0.2, -0.15) is 0 Å². The van der Waals surface area contributed by atoms with Gasteiger partial charge in [0.25, 0.3) is 0 Å². The summed E-state index contributed by atoms with van der Waals surface area (Å²) in [5, 5.41) is 8.78. The number of allylic oxidation sites excluding steroid dienone is 6. The number of carbonyl (C=O) groups is 1. The molecule has 1 N–H and O–H groups in total. The Bertz CT molecular complexity index is 264. The maximum absolute atomic E-state index is 10.7. The van der Waals surface area contributed by atoms with E-state index >= 15 is 0 Å². The molecule has 0 aromatic heterocycles. The van der Waals surface area contributed by atoms with Crippen molar-refractivity contribution < 1.29 is 9.90 Å². The van der Waals surface area contributed by atoms with Gasteiger partial charge in [0.05, 0.1) is 5.92 Å². The van der Waals surface area contributed by atoms with E-state index in [4.69, 9.17) is 5.11 Å². The molecular formula is C10H10O2. The molecule has 2 nitrogen and oxygen atoms in total. The Hall–Kier alpha value is -1.31. The zero-order chi connectivity index (χ0) is 8.55. The fourth-order valence-electron chi connectivity index (χ4n) is 1.70. The lowest BCUT2D eigenvalue weighted by molar-refractivity contribution is -0.138. The Labute approximate surface area is 70.9 Å². The summed E-state index contributed by atoms with van der Waals surface area (Å²) in [5.41, 5.74) is 0. The van der Waals surface area contributed by atoms with Crippen LogP contribution in [0, 0.1) is 17.8 Å². The lowest BCUT2D eigenvalue weighted by Crippen LogP contribution is -1.99. The first kappa shape index (κ1) is 7.35. The highest BCUT2D eigenvalue weighted by Crippen LogP contribution is 2.48. The van der Waals surface area contributed by atoms with Crippen molar-refractivity contribution in [2.75, 3.05) is 0 Å². The largest absolute Gasteiger partial charge is 0.481 e. The number of fused-ring (bicyclic) bond motifs is 1. The van der Waals surface area contributed by atoms with Crippen LogP contribution < -0.4 is 0 Å². The highest BCUT2D eigenvalue weighted by Gasteiger charge is 2.51. The van der Waals surface area contributed by atoms with Gasteiger partial charge in [0.1, 0.15) is 0 Å². The molecule has 0 spiro atoms. The first-order chi connectivity index (χ1) is 5.80. The van der Waals surface area contributed by atoms with E-state index in [0.717, 1.165) is 0 Å². The van der Waals surface area contributed by atoms with Crippen molar-refractivity contribution in [3.05, 3.63) is 36.5 Å². The van der Waals surface area contributed by atoms with Crippen molar-refractivity contribution in [1.82, 2.24) is 0 Å². The highest BCUT2D eigenvalue weighted by atomic mass is 16.4. The zero-order valence-electron chi connectivity index (χ0n) is 6.55. The van der Waals surface area contributed by atoms with E-state index in [1.54, 1.807) is 0 Å². The fraction of sp³-hybridized carbons (Fsp3) is 0.300. The van der Waals surface area contributed by atoms with E-state index < -0.39 is 5.97 Å². The minimum absolute atomic E-state index is 0.183. The maximum atomic E-state index is 10.7. The van der Waals surface area contributed by atoms with Crippen LogP contribution in [0.2, 0.25) is 0 Å². The summed E-state index contributed by atoms with van der Waals surface area (Å²) >= 11 is 0. The van der Waals surface area contributed by atoms with Gasteiger partial charge >= 0.3 is 5.97 Å². The Morgan fingerprint density at radius 1 is 1.00 bits per heavy atom. The first-order valence-electron chi connectivity index (χ1n) is 4.05. The molecule has 12 heavy (non-hydrogen) atoms. The van der Waals surface area contributed by atoms with Gasteiger partial charge in [-0.15, -0.1) is 0 Å². The molecule has 62 valence electrons. The van der Waals surface area contributed by atoms with Crippen LogP contribution in [-0.2, 0) is 4.79 Å². The summed E-state index contributed by atoms with van der Waals surface area (Å²) in [6.45, 7) is 0. The molecule has 0 aromatic rings. The van der Waals surface area contributed by atoms with Crippen molar-refractivity contribution in [3.8, 4) is 0 Å². The van der Waals surface area contributed by atoms with Gasteiger partial charge in [0, 0.05) is 0 Å². The summed E-state index contributed by atoms with van der Waals surface area (Å²) < 4.78 is 0. The number of hydrogen-bond acceptors (Lipinski definition) is 1.